The van der Waals surface area contributed by atoms with Crippen molar-refractivity contribution in [2.75, 3.05) is 0 Å². The van der Waals surface area contributed by atoms with Gasteiger partial charge in [-0.25, -0.2) is 0 Å². The van der Waals surface area contributed by atoms with Crippen LogP contribution < -0.4 is 0 Å². The first-order chi connectivity index (χ1) is 8.25. The van der Waals surface area contributed by atoms with Gasteiger partial charge in [0.25, 0.3) is 0 Å². The van der Waals surface area contributed by atoms with Gasteiger partial charge in [-0.15, -0.1) is 0 Å². The molecule has 90 valence electrons. The molecule has 0 spiro atoms. The van der Waals surface area contributed by atoms with Crippen LogP contribution in [0.5, 0.6) is 0 Å². The SMILES string of the molecule is O=C(CCC(=O)C1CC1)OCc1ccccc1. The summed E-state index contributed by atoms with van der Waals surface area (Å²) >= 11 is 0. The number of rotatable bonds is 6. The first-order valence-corrected chi connectivity index (χ1v) is 5.98. The normalized spacial score (nSPS) is 14.4. The molecule has 1 aliphatic carbocycles. The summed E-state index contributed by atoms with van der Waals surface area (Å²) in [4.78, 5) is 22.8. The highest BCUT2D eigenvalue weighted by atomic mass is 16.5. The van der Waals surface area contributed by atoms with Crippen molar-refractivity contribution in [1.82, 2.24) is 0 Å². The molecule has 1 aliphatic rings. The average molecular weight is 232 g/mol. The Morgan fingerprint density at radius 3 is 2.47 bits per heavy atom. The summed E-state index contributed by atoms with van der Waals surface area (Å²) in [6, 6.07) is 9.53. The molecule has 1 aromatic rings. The quantitative estimate of drug-likeness (QED) is 0.708. The highest BCUT2D eigenvalue weighted by Gasteiger charge is 2.29. The fraction of sp³-hybridized carbons (Fsp3) is 0.429. The highest BCUT2D eigenvalue weighted by molar-refractivity contribution is 5.86. The molecule has 0 N–H and O–H groups in total. The van der Waals surface area contributed by atoms with E-state index in [4.69, 9.17) is 4.74 Å². The molecule has 2 rings (SSSR count). The second kappa shape index (κ2) is 5.62. The lowest BCUT2D eigenvalue weighted by molar-refractivity contribution is -0.146. The minimum Gasteiger partial charge on any atom is -0.461 e. The van der Waals surface area contributed by atoms with Crippen LogP contribution in [0.15, 0.2) is 30.3 Å². The minimum absolute atomic E-state index is 0.210. The van der Waals surface area contributed by atoms with Crippen molar-refractivity contribution in [3.63, 3.8) is 0 Å². The van der Waals surface area contributed by atoms with Gasteiger partial charge in [0.05, 0.1) is 6.42 Å². The Kier molecular flexibility index (Phi) is 3.91. The molecule has 0 unspecified atom stereocenters. The van der Waals surface area contributed by atoms with Crippen LogP contribution in [-0.4, -0.2) is 11.8 Å². The highest BCUT2D eigenvalue weighted by Crippen LogP contribution is 2.31. The van der Waals surface area contributed by atoms with Gasteiger partial charge in [0, 0.05) is 12.3 Å². The second-order valence-corrected chi connectivity index (χ2v) is 4.39. The minimum atomic E-state index is -0.289. The zero-order chi connectivity index (χ0) is 12.1. The van der Waals surface area contributed by atoms with E-state index in [1.807, 2.05) is 30.3 Å². The van der Waals surface area contributed by atoms with Crippen LogP contribution in [0.2, 0.25) is 0 Å². The molecular weight excluding hydrogens is 216 g/mol. The van der Waals surface area contributed by atoms with E-state index in [0.29, 0.717) is 6.42 Å². The van der Waals surface area contributed by atoms with Crippen molar-refractivity contribution in [3.8, 4) is 0 Å². The molecule has 1 aromatic carbocycles. The number of carbonyl (C=O) groups excluding carboxylic acids is 2. The molecule has 3 heteroatoms. The van der Waals surface area contributed by atoms with Crippen molar-refractivity contribution in [2.24, 2.45) is 5.92 Å². The first kappa shape index (κ1) is 11.8. The van der Waals surface area contributed by atoms with Crippen LogP contribution in [-0.2, 0) is 20.9 Å². The third kappa shape index (κ3) is 4.02. The summed E-state index contributed by atoms with van der Waals surface area (Å²) in [6.45, 7) is 0.289. The molecule has 0 atom stereocenters. The molecule has 0 radical (unpaired) electrons. The Bertz CT molecular complexity index is 393. The Balaban J connectivity index is 1.65. The van der Waals surface area contributed by atoms with E-state index in [-0.39, 0.29) is 30.7 Å². The van der Waals surface area contributed by atoms with Crippen LogP contribution in [0.3, 0.4) is 0 Å². The van der Waals surface area contributed by atoms with Crippen molar-refractivity contribution >= 4 is 11.8 Å². The zero-order valence-corrected chi connectivity index (χ0v) is 9.72. The van der Waals surface area contributed by atoms with Gasteiger partial charge in [0.1, 0.15) is 12.4 Å². The molecule has 1 fully saturated rings. The van der Waals surface area contributed by atoms with Crippen LogP contribution in [0.25, 0.3) is 0 Å². The van der Waals surface area contributed by atoms with E-state index >= 15 is 0 Å². The molecule has 0 aliphatic heterocycles. The molecule has 0 saturated heterocycles. The molecule has 0 amide bonds. The third-order valence-electron chi connectivity index (χ3n) is 2.85. The van der Waals surface area contributed by atoms with Crippen LogP contribution >= 0.6 is 0 Å². The summed E-state index contributed by atoms with van der Waals surface area (Å²) in [5.74, 6) is 0.154. The molecule has 3 nitrogen and oxygen atoms in total. The van der Waals surface area contributed by atoms with E-state index in [0.717, 1.165) is 18.4 Å². The van der Waals surface area contributed by atoms with Gasteiger partial charge < -0.3 is 4.74 Å². The monoisotopic (exact) mass is 232 g/mol. The zero-order valence-electron chi connectivity index (χ0n) is 9.72. The second-order valence-electron chi connectivity index (χ2n) is 4.39. The van der Waals surface area contributed by atoms with Gasteiger partial charge in [0.15, 0.2) is 0 Å². The Hall–Kier alpha value is -1.64. The van der Waals surface area contributed by atoms with Crippen molar-refractivity contribution < 1.29 is 14.3 Å². The third-order valence-corrected chi connectivity index (χ3v) is 2.85. The van der Waals surface area contributed by atoms with E-state index in [9.17, 15) is 9.59 Å². The lowest BCUT2D eigenvalue weighted by atomic mass is 10.1. The van der Waals surface area contributed by atoms with E-state index in [1.54, 1.807) is 0 Å². The van der Waals surface area contributed by atoms with Gasteiger partial charge in [-0.3, -0.25) is 9.59 Å². The topological polar surface area (TPSA) is 43.4 Å². The average Bonchev–Trinajstić information content (AvgIpc) is 3.19. The number of esters is 1. The summed E-state index contributed by atoms with van der Waals surface area (Å²) in [6.07, 6.45) is 2.54. The summed E-state index contributed by atoms with van der Waals surface area (Å²) in [5.41, 5.74) is 0.967. The molecule has 0 aromatic heterocycles. The van der Waals surface area contributed by atoms with Gasteiger partial charge in [-0.05, 0) is 18.4 Å². The van der Waals surface area contributed by atoms with Gasteiger partial charge in [0.2, 0.25) is 0 Å². The predicted octanol–water partition coefficient (Wildman–Crippen LogP) is 2.49. The number of Topliss-reactive ketones (excluding diaryl/α,β-unsaturated/α-hetero) is 1. The van der Waals surface area contributed by atoms with Crippen LogP contribution in [0.1, 0.15) is 31.2 Å². The number of hydrogen-bond acceptors (Lipinski definition) is 3. The summed E-state index contributed by atoms with van der Waals surface area (Å²) in [5, 5.41) is 0. The van der Waals surface area contributed by atoms with Gasteiger partial charge >= 0.3 is 5.97 Å². The molecular formula is C14H16O3. The molecule has 1 saturated carbocycles. The number of ketones is 1. The Morgan fingerprint density at radius 1 is 1.12 bits per heavy atom. The van der Waals surface area contributed by atoms with Crippen molar-refractivity contribution in [3.05, 3.63) is 35.9 Å². The first-order valence-electron chi connectivity index (χ1n) is 5.98. The fourth-order valence-corrected chi connectivity index (χ4v) is 1.64. The van der Waals surface area contributed by atoms with Crippen molar-refractivity contribution in [2.45, 2.75) is 32.3 Å². The number of hydrogen-bond donors (Lipinski definition) is 0. The van der Waals surface area contributed by atoms with Gasteiger partial charge in [-0.1, -0.05) is 30.3 Å². The van der Waals surface area contributed by atoms with E-state index < -0.39 is 0 Å². The largest absolute Gasteiger partial charge is 0.461 e. The number of benzene rings is 1. The lowest BCUT2D eigenvalue weighted by Crippen LogP contribution is -2.08. The maximum atomic E-state index is 11.4. The van der Waals surface area contributed by atoms with Crippen LogP contribution in [0.4, 0.5) is 0 Å². The maximum Gasteiger partial charge on any atom is 0.306 e. The van der Waals surface area contributed by atoms with E-state index in [1.165, 1.54) is 0 Å². The lowest BCUT2D eigenvalue weighted by Gasteiger charge is -2.04. The predicted molar refractivity (Wildman–Crippen MR) is 63.2 cm³/mol. The summed E-state index contributed by atoms with van der Waals surface area (Å²) in [7, 11) is 0. The Morgan fingerprint density at radius 2 is 1.82 bits per heavy atom. The number of ether oxygens (including phenoxy) is 1. The van der Waals surface area contributed by atoms with Gasteiger partial charge in [-0.2, -0.15) is 0 Å². The maximum absolute atomic E-state index is 11.4. The van der Waals surface area contributed by atoms with E-state index in [2.05, 4.69) is 0 Å². The molecule has 0 heterocycles. The molecule has 0 bridgehead atoms. The molecule has 17 heavy (non-hydrogen) atoms. The fourth-order valence-electron chi connectivity index (χ4n) is 1.64. The summed E-state index contributed by atoms with van der Waals surface area (Å²) < 4.78 is 5.09. The smallest absolute Gasteiger partial charge is 0.306 e. The van der Waals surface area contributed by atoms with Crippen LogP contribution in [0, 0.1) is 5.92 Å². The Labute approximate surface area is 101 Å². The number of carbonyl (C=O) groups is 2. The van der Waals surface area contributed by atoms with Crippen molar-refractivity contribution in [1.29, 1.82) is 0 Å². The standard InChI is InChI=1S/C14H16O3/c15-13(12-6-7-12)8-9-14(16)17-10-11-4-2-1-3-5-11/h1-5,12H,6-10H2.